The Kier molecular flexibility index (Phi) is 6.20. The van der Waals surface area contributed by atoms with Gasteiger partial charge in [0.05, 0.1) is 30.0 Å². The molecule has 2 aromatic rings. The fraction of sp³-hybridized carbons (Fsp3) is 0.500. The summed E-state index contributed by atoms with van der Waals surface area (Å²) in [5.74, 6) is 0. The molecule has 110 valence electrons. The number of ether oxygens (including phenoxy) is 1. The lowest BCUT2D eigenvalue weighted by Crippen LogP contribution is -2.23. The minimum absolute atomic E-state index is 0.736. The van der Waals surface area contributed by atoms with Crippen molar-refractivity contribution in [3.8, 4) is 10.6 Å². The molecule has 0 amide bonds. The van der Waals surface area contributed by atoms with E-state index in [4.69, 9.17) is 4.74 Å². The Morgan fingerprint density at radius 2 is 2.30 bits per heavy atom. The maximum absolute atomic E-state index is 5.54. The molecule has 0 aliphatic rings. The lowest BCUT2D eigenvalue weighted by atomic mass is 10.2. The van der Waals surface area contributed by atoms with Gasteiger partial charge >= 0.3 is 0 Å². The molecule has 0 aliphatic carbocycles. The van der Waals surface area contributed by atoms with Gasteiger partial charge in [-0.3, -0.25) is 5.10 Å². The Bertz CT molecular complexity index is 481. The molecule has 0 atom stereocenters. The van der Waals surface area contributed by atoms with E-state index in [1.54, 1.807) is 11.3 Å². The van der Waals surface area contributed by atoms with Crippen molar-refractivity contribution in [1.82, 2.24) is 20.4 Å². The van der Waals surface area contributed by atoms with E-state index < -0.39 is 0 Å². The smallest absolute Gasteiger partial charge is 0.0794 e. The largest absolute Gasteiger partial charge is 0.379 e. The number of likely N-dealkylation sites (N-methyl/N-ethyl adjacent to an activating group) is 1. The summed E-state index contributed by atoms with van der Waals surface area (Å²) in [7, 11) is 4.10. The van der Waals surface area contributed by atoms with Crippen molar-refractivity contribution in [2.24, 2.45) is 0 Å². The van der Waals surface area contributed by atoms with Gasteiger partial charge in [0, 0.05) is 25.2 Å². The molecule has 2 rings (SSSR count). The van der Waals surface area contributed by atoms with Crippen molar-refractivity contribution in [3.63, 3.8) is 0 Å². The van der Waals surface area contributed by atoms with Crippen molar-refractivity contribution in [2.45, 2.75) is 6.54 Å². The van der Waals surface area contributed by atoms with Crippen molar-refractivity contribution in [3.05, 3.63) is 29.3 Å². The summed E-state index contributed by atoms with van der Waals surface area (Å²) >= 11 is 1.72. The van der Waals surface area contributed by atoms with Crippen molar-refractivity contribution < 1.29 is 4.74 Å². The molecular formula is C14H22N4OS. The first-order valence-electron chi connectivity index (χ1n) is 6.76. The molecule has 0 fully saturated rings. The summed E-state index contributed by atoms with van der Waals surface area (Å²) in [6.45, 7) is 4.13. The van der Waals surface area contributed by atoms with Crippen LogP contribution in [0.3, 0.4) is 0 Å². The van der Waals surface area contributed by atoms with Crippen LogP contribution in [0.2, 0.25) is 0 Å². The Hall–Kier alpha value is -1.21. The lowest BCUT2D eigenvalue weighted by molar-refractivity contribution is 0.119. The third-order valence-electron chi connectivity index (χ3n) is 2.91. The summed E-state index contributed by atoms with van der Waals surface area (Å²) in [5, 5.41) is 12.7. The molecule has 0 spiro atoms. The third kappa shape index (κ3) is 4.72. The van der Waals surface area contributed by atoms with Crippen LogP contribution in [0, 0.1) is 0 Å². The first kappa shape index (κ1) is 15.2. The highest BCUT2D eigenvalue weighted by atomic mass is 32.1. The SMILES string of the molecule is CN(C)CCOCCNCc1cn[nH]c1-c1cccs1. The molecule has 0 saturated heterocycles. The van der Waals surface area contributed by atoms with Gasteiger partial charge in [0.2, 0.25) is 0 Å². The number of aromatic amines is 1. The molecule has 0 radical (unpaired) electrons. The standard InChI is InChI=1S/C14H22N4OS/c1-18(2)6-8-19-7-5-15-10-12-11-16-17-14(12)13-4-3-9-20-13/h3-4,9,11,15H,5-8,10H2,1-2H3,(H,16,17). The van der Waals surface area contributed by atoms with Crippen LogP contribution >= 0.6 is 11.3 Å². The Morgan fingerprint density at radius 3 is 3.05 bits per heavy atom. The second-order valence-corrected chi connectivity index (χ2v) is 5.79. The van der Waals surface area contributed by atoms with E-state index in [-0.39, 0.29) is 0 Å². The van der Waals surface area contributed by atoms with Gasteiger partial charge in [-0.1, -0.05) is 6.07 Å². The van der Waals surface area contributed by atoms with Gasteiger partial charge < -0.3 is 15.0 Å². The van der Waals surface area contributed by atoms with Crippen LogP contribution in [0.15, 0.2) is 23.7 Å². The molecule has 2 aromatic heterocycles. The van der Waals surface area contributed by atoms with Gasteiger partial charge in [0.1, 0.15) is 0 Å². The monoisotopic (exact) mass is 294 g/mol. The second-order valence-electron chi connectivity index (χ2n) is 4.84. The predicted molar refractivity (Wildman–Crippen MR) is 83.0 cm³/mol. The van der Waals surface area contributed by atoms with Crippen molar-refractivity contribution in [1.29, 1.82) is 0 Å². The molecule has 0 saturated carbocycles. The second kappa shape index (κ2) is 8.16. The van der Waals surface area contributed by atoms with Crippen LogP contribution in [-0.4, -0.2) is 55.5 Å². The van der Waals surface area contributed by atoms with Crippen LogP contribution < -0.4 is 5.32 Å². The minimum Gasteiger partial charge on any atom is -0.379 e. The molecule has 2 heterocycles. The van der Waals surface area contributed by atoms with Crippen molar-refractivity contribution in [2.75, 3.05) is 40.4 Å². The molecule has 0 unspecified atom stereocenters. The number of aromatic nitrogens is 2. The molecule has 2 N–H and O–H groups in total. The van der Waals surface area contributed by atoms with E-state index in [1.165, 1.54) is 10.4 Å². The van der Waals surface area contributed by atoms with E-state index in [9.17, 15) is 0 Å². The summed E-state index contributed by atoms with van der Waals surface area (Å²) < 4.78 is 5.54. The molecular weight excluding hydrogens is 272 g/mol. The number of nitrogens with zero attached hydrogens (tertiary/aromatic N) is 2. The quantitative estimate of drug-likeness (QED) is 0.693. The highest BCUT2D eigenvalue weighted by Crippen LogP contribution is 2.25. The van der Waals surface area contributed by atoms with E-state index in [2.05, 4.69) is 37.9 Å². The highest BCUT2D eigenvalue weighted by molar-refractivity contribution is 7.13. The molecule has 20 heavy (non-hydrogen) atoms. The molecule has 5 nitrogen and oxygen atoms in total. The summed E-state index contributed by atoms with van der Waals surface area (Å²) in [6, 6.07) is 4.16. The number of nitrogens with one attached hydrogen (secondary N) is 2. The van der Waals surface area contributed by atoms with E-state index in [0.717, 1.165) is 38.5 Å². The molecule has 0 aliphatic heterocycles. The molecule has 0 bridgehead atoms. The van der Waals surface area contributed by atoms with E-state index in [0.29, 0.717) is 0 Å². The Balaban J connectivity index is 1.67. The zero-order chi connectivity index (χ0) is 14.2. The number of hydrogen-bond acceptors (Lipinski definition) is 5. The van der Waals surface area contributed by atoms with E-state index >= 15 is 0 Å². The van der Waals surface area contributed by atoms with Gasteiger partial charge in [0.15, 0.2) is 0 Å². The summed E-state index contributed by atoms with van der Waals surface area (Å²) in [5.41, 5.74) is 2.31. The average molecular weight is 294 g/mol. The number of rotatable bonds is 9. The van der Waals surface area contributed by atoms with Gasteiger partial charge in [-0.25, -0.2) is 0 Å². The van der Waals surface area contributed by atoms with Gasteiger partial charge in [-0.05, 0) is 25.5 Å². The number of thiophene rings is 1. The van der Waals surface area contributed by atoms with Gasteiger partial charge in [0.25, 0.3) is 0 Å². The predicted octanol–water partition coefficient (Wildman–Crippen LogP) is 1.81. The Morgan fingerprint density at radius 1 is 1.40 bits per heavy atom. The molecule has 6 heteroatoms. The van der Waals surface area contributed by atoms with Crippen LogP contribution in [-0.2, 0) is 11.3 Å². The average Bonchev–Trinajstić information content (AvgIpc) is 3.07. The fourth-order valence-corrected chi connectivity index (χ4v) is 2.55. The maximum atomic E-state index is 5.54. The zero-order valence-corrected chi connectivity index (χ0v) is 12.9. The highest BCUT2D eigenvalue weighted by Gasteiger charge is 2.07. The summed E-state index contributed by atoms with van der Waals surface area (Å²) in [4.78, 5) is 3.34. The van der Waals surface area contributed by atoms with Gasteiger partial charge in [-0.2, -0.15) is 5.10 Å². The maximum Gasteiger partial charge on any atom is 0.0794 e. The summed E-state index contributed by atoms with van der Waals surface area (Å²) in [6.07, 6.45) is 1.88. The lowest BCUT2D eigenvalue weighted by Gasteiger charge is -2.10. The Labute approximate surface area is 124 Å². The number of H-pyrrole nitrogens is 1. The van der Waals surface area contributed by atoms with Crippen LogP contribution in [0.1, 0.15) is 5.56 Å². The normalized spacial score (nSPS) is 11.3. The first-order chi connectivity index (χ1) is 9.77. The zero-order valence-electron chi connectivity index (χ0n) is 12.1. The number of hydrogen-bond donors (Lipinski definition) is 2. The van der Waals surface area contributed by atoms with Crippen LogP contribution in [0.25, 0.3) is 10.6 Å². The van der Waals surface area contributed by atoms with Crippen molar-refractivity contribution >= 4 is 11.3 Å². The molecule has 0 aromatic carbocycles. The van der Waals surface area contributed by atoms with Crippen LogP contribution in [0.4, 0.5) is 0 Å². The first-order valence-corrected chi connectivity index (χ1v) is 7.64. The minimum atomic E-state index is 0.736. The fourth-order valence-electron chi connectivity index (χ4n) is 1.80. The van der Waals surface area contributed by atoms with E-state index in [1.807, 2.05) is 20.3 Å². The topological polar surface area (TPSA) is 53.2 Å². The third-order valence-corrected chi connectivity index (χ3v) is 3.79. The van der Waals surface area contributed by atoms with Crippen LogP contribution in [0.5, 0.6) is 0 Å². The van der Waals surface area contributed by atoms with Gasteiger partial charge in [-0.15, -0.1) is 11.3 Å².